The SMILES string of the molecule is Cn1ccc(C=CC(=O)Nc2ccccc2F)c1. The van der Waals surface area contributed by atoms with E-state index in [0.717, 1.165) is 5.56 Å². The van der Waals surface area contributed by atoms with E-state index in [0.29, 0.717) is 0 Å². The molecule has 1 amide bonds. The molecule has 2 aromatic rings. The zero-order chi connectivity index (χ0) is 13.0. The molecular weight excluding hydrogens is 231 g/mol. The highest BCUT2D eigenvalue weighted by Gasteiger charge is 2.02. The Balaban J connectivity index is 2.01. The van der Waals surface area contributed by atoms with Crippen molar-refractivity contribution in [1.82, 2.24) is 4.57 Å². The van der Waals surface area contributed by atoms with E-state index >= 15 is 0 Å². The maximum Gasteiger partial charge on any atom is 0.248 e. The average Bonchev–Trinajstić information content (AvgIpc) is 2.76. The van der Waals surface area contributed by atoms with Gasteiger partial charge in [-0.2, -0.15) is 0 Å². The number of hydrogen-bond acceptors (Lipinski definition) is 1. The van der Waals surface area contributed by atoms with Crippen molar-refractivity contribution in [2.24, 2.45) is 7.05 Å². The minimum Gasteiger partial charge on any atom is -0.357 e. The lowest BCUT2D eigenvalue weighted by atomic mass is 10.3. The number of anilines is 1. The van der Waals surface area contributed by atoms with Gasteiger partial charge >= 0.3 is 0 Å². The molecule has 0 spiro atoms. The molecule has 1 heterocycles. The van der Waals surface area contributed by atoms with Crippen LogP contribution >= 0.6 is 0 Å². The van der Waals surface area contributed by atoms with Gasteiger partial charge in [0.1, 0.15) is 5.82 Å². The highest BCUT2D eigenvalue weighted by atomic mass is 19.1. The van der Waals surface area contributed by atoms with Crippen LogP contribution in [0.15, 0.2) is 48.8 Å². The van der Waals surface area contributed by atoms with Gasteiger partial charge in [0.2, 0.25) is 5.91 Å². The summed E-state index contributed by atoms with van der Waals surface area (Å²) in [6.45, 7) is 0. The van der Waals surface area contributed by atoms with E-state index in [4.69, 9.17) is 0 Å². The minimum absolute atomic E-state index is 0.181. The monoisotopic (exact) mass is 244 g/mol. The van der Waals surface area contributed by atoms with E-state index in [1.54, 1.807) is 18.2 Å². The summed E-state index contributed by atoms with van der Waals surface area (Å²) < 4.78 is 15.2. The van der Waals surface area contributed by atoms with Gasteiger partial charge in [-0.3, -0.25) is 4.79 Å². The number of hydrogen-bond donors (Lipinski definition) is 1. The van der Waals surface area contributed by atoms with Gasteiger partial charge in [-0.25, -0.2) is 4.39 Å². The Kier molecular flexibility index (Phi) is 3.57. The van der Waals surface area contributed by atoms with Crippen molar-refractivity contribution in [2.45, 2.75) is 0 Å². The van der Waals surface area contributed by atoms with E-state index in [1.165, 1.54) is 18.2 Å². The summed E-state index contributed by atoms with van der Waals surface area (Å²) in [4.78, 5) is 11.6. The first kappa shape index (κ1) is 12.1. The molecule has 92 valence electrons. The molecule has 2 rings (SSSR count). The van der Waals surface area contributed by atoms with Gasteiger partial charge in [0.15, 0.2) is 0 Å². The number of carbonyl (C=O) groups is 1. The van der Waals surface area contributed by atoms with Crippen LogP contribution in [0.4, 0.5) is 10.1 Å². The van der Waals surface area contributed by atoms with Crippen molar-refractivity contribution in [2.75, 3.05) is 5.32 Å². The number of para-hydroxylation sites is 1. The van der Waals surface area contributed by atoms with E-state index in [9.17, 15) is 9.18 Å². The van der Waals surface area contributed by atoms with Crippen LogP contribution in [0.5, 0.6) is 0 Å². The fourth-order valence-corrected chi connectivity index (χ4v) is 1.53. The lowest BCUT2D eigenvalue weighted by molar-refractivity contribution is -0.111. The molecule has 0 saturated carbocycles. The van der Waals surface area contributed by atoms with Gasteiger partial charge in [0.05, 0.1) is 5.69 Å². The molecule has 0 fully saturated rings. The van der Waals surface area contributed by atoms with Crippen LogP contribution in [0, 0.1) is 5.82 Å². The largest absolute Gasteiger partial charge is 0.357 e. The Morgan fingerprint density at radius 2 is 2.11 bits per heavy atom. The van der Waals surface area contributed by atoms with Crippen LogP contribution in [-0.2, 0) is 11.8 Å². The summed E-state index contributed by atoms with van der Waals surface area (Å²) in [7, 11) is 1.90. The Hall–Kier alpha value is -2.36. The molecule has 1 aromatic carbocycles. The summed E-state index contributed by atoms with van der Waals surface area (Å²) in [5, 5.41) is 2.48. The molecule has 3 nitrogen and oxygen atoms in total. The number of benzene rings is 1. The number of nitrogens with one attached hydrogen (secondary N) is 1. The number of carbonyl (C=O) groups excluding carboxylic acids is 1. The quantitative estimate of drug-likeness (QED) is 0.828. The number of aryl methyl sites for hydroxylation is 1. The predicted molar refractivity (Wildman–Crippen MR) is 69.5 cm³/mol. The topological polar surface area (TPSA) is 34.0 Å². The highest BCUT2D eigenvalue weighted by molar-refractivity contribution is 6.01. The first-order valence-electron chi connectivity index (χ1n) is 5.51. The number of halogens is 1. The Labute approximate surface area is 105 Å². The maximum absolute atomic E-state index is 13.3. The predicted octanol–water partition coefficient (Wildman–Crippen LogP) is 2.82. The summed E-state index contributed by atoms with van der Waals surface area (Å²) >= 11 is 0. The number of rotatable bonds is 3. The van der Waals surface area contributed by atoms with Crippen LogP contribution in [0.25, 0.3) is 6.08 Å². The van der Waals surface area contributed by atoms with Crippen molar-refractivity contribution >= 4 is 17.7 Å². The smallest absolute Gasteiger partial charge is 0.248 e. The molecule has 1 N–H and O–H groups in total. The summed E-state index contributed by atoms with van der Waals surface area (Å²) in [6, 6.07) is 7.94. The van der Waals surface area contributed by atoms with E-state index in [2.05, 4.69) is 5.32 Å². The normalized spacial score (nSPS) is 10.8. The Morgan fingerprint density at radius 1 is 1.33 bits per heavy atom. The zero-order valence-electron chi connectivity index (χ0n) is 9.93. The van der Waals surface area contributed by atoms with Gasteiger partial charge in [0.25, 0.3) is 0 Å². The number of nitrogens with zero attached hydrogens (tertiary/aromatic N) is 1. The molecule has 18 heavy (non-hydrogen) atoms. The first-order chi connectivity index (χ1) is 8.65. The second-order valence-corrected chi connectivity index (χ2v) is 3.91. The Morgan fingerprint density at radius 3 is 2.78 bits per heavy atom. The van der Waals surface area contributed by atoms with Crippen LogP contribution in [0.2, 0.25) is 0 Å². The van der Waals surface area contributed by atoms with Crippen molar-refractivity contribution in [3.8, 4) is 0 Å². The van der Waals surface area contributed by atoms with Crippen LogP contribution in [0.3, 0.4) is 0 Å². The number of amides is 1. The van der Waals surface area contributed by atoms with E-state index < -0.39 is 5.82 Å². The van der Waals surface area contributed by atoms with Gasteiger partial charge in [-0.1, -0.05) is 12.1 Å². The van der Waals surface area contributed by atoms with Gasteiger partial charge in [0, 0.05) is 25.5 Å². The van der Waals surface area contributed by atoms with Gasteiger partial charge in [-0.15, -0.1) is 0 Å². The summed E-state index contributed by atoms with van der Waals surface area (Å²) in [6.07, 6.45) is 6.82. The molecule has 4 heteroatoms. The third-order valence-electron chi connectivity index (χ3n) is 2.41. The van der Waals surface area contributed by atoms with Crippen molar-refractivity contribution in [3.05, 3.63) is 60.2 Å². The van der Waals surface area contributed by atoms with Crippen LogP contribution in [0.1, 0.15) is 5.56 Å². The number of aromatic nitrogens is 1. The minimum atomic E-state index is -0.445. The van der Waals surface area contributed by atoms with E-state index in [-0.39, 0.29) is 11.6 Å². The highest BCUT2D eigenvalue weighted by Crippen LogP contribution is 2.12. The van der Waals surface area contributed by atoms with Crippen LogP contribution in [-0.4, -0.2) is 10.5 Å². The standard InChI is InChI=1S/C14H13FN2O/c1-17-9-8-11(10-17)6-7-14(18)16-13-5-3-2-4-12(13)15/h2-10H,1H3,(H,16,18). The first-order valence-corrected chi connectivity index (χ1v) is 5.51. The van der Waals surface area contributed by atoms with Gasteiger partial charge < -0.3 is 9.88 Å². The molecule has 0 saturated heterocycles. The van der Waals surface area contributed by atoms with Crippen molar-refractivity contribution < 1.29 is 9.18 Å². The third-order valence-corrected chi connectivity index (χ3v) is 2.41. The molecule has 1 aromatic heterocycles. The molecule has 0 aliphatic heterocycles. The second-order valence-electron chi connectivity index (χ2n) is 3.91. The van der Waals surface area contributed by atoms with E-state index in [1.807, 2.05) is 30.1 Å². The average molecular weight is 244 g/mol. The van der Waals surface area contributed by atoms with Crippen LogP contribution < -0.4 is 5.32 Å². The molecule has 0 radical (unpaired) electrons. The maximum atomic E-state index is 13.3. The molecule has 0 bridgehead atoms. The Bertz CT molecular complexity index is 587. The molecule has 0 unspecified atom stereocenters. The molecule has 0 atom stereocenters. The zero-order valence-corrected chi connectivity index (χ0v) is 9.93. The van der Waals surface area contributed by atoms with Crippen molar-refractivity contribution in [3.63, 3.8) is 0 Å². The molecule has 0 aliphatic rings. The third kappa shape index (κ3) is 3.07. The van der Waals surface area contributed by atoms with Gasteiger partial charge in [-0.05, 0) is 29.8 Å². The molecule has 0 aliphatic carbocycles. The fraction of sp³-hybridized carbons (Fsp3) is 0.0714. The lowest BCUT2D eigenvalue weighted by Crippen LogP contribution is -2.08. The summed E-state index contributed by atoms with van der Waals surface area (Å²) in [5.74, 6) is -0.803. The summed E-state index contributed by atoms with van der Waals surface area (Å²) in [5.41, 5.74) is 1.10. The lowest BCUT2D eigenvalue weighted by Gasteiger charge is -2.02. The van der Waals surface area contributed by atoms with Crippen molar-refractivity contribution in [1.29, 1.82) is 0 Å². The fourth-order valence-electron chi connectivity index (χ4n) is 1.53. The second kappa shape index (κ2) is 5.31. The molecular formula is C14H13FN2O.